The van der Waals surface area contributed by atoms with E-state index in [9.17, 15) is 9.18 Å². The van der Waals surface area contributed by atoms with Crippen molar-refractivity contribution in [1.29, 1.82) is 0 Å². The summed E-state index contributed by atoms with van der Waals surface area (Å²) < 4.78 is 14.9. The summed E-state index contributed by atoms with van der Waals surface area (Å²) in [6, 6.07) is 9.67. The summed E-state index contributed by atoms with van der Waals surface area (Å²) in [5, 5.41) is 15.7. The van der Waals surface area contributed by atoms with Gasteiger partial charge in [-0.1, -0.05) is 6.07 Å². The van der Waals surface area contributed by atoms with E-state index in [4.69, 9.17) is 0 Å². The molecular weight excluding hydrogens is 361 g/mol. The molecule has 3 aromatic rings. The van der Waals surface area contributed by atoms with Crippen LogP contribution in [-0.2, 0) is 11.2 Å². The average molecular weight is 383 g/mol. The molecule has 28 heavy (non-hydrogen) atoms. The number of nitrogens with one attached hydrogen (secondary N) is 1. The fourth-order valence-electron chi connectivity index (χ4n) is 3.20. The first-order valence-corrected chi connectivity index (χ1v) is 9.29. The zero-order chi connectivity index (χ0) is 19.5. The normalized spacial score (nSPS) is 15.1. The van der Waals surface area contributed by atoms with Crippen molar-refractivity contribution < 1.29 is 9.18 Å². The molecule has 0 spiro atoms. The first-order chi connectivity index (χ1) is 13.6. The van der Waals surface area contributed by atoms with E-state index in [1.807, 2.05) is 12.1 Å². The molecule has 1 aliphatic heterocycles. The number of anilines is 2. The minimum atomic E-state index is -0.387. The van der Waals surface area contributed by atoms with Gasteiger partial charge < -0.3 is 15.1 Å². The summed E-state index contributed by atoms with van der Waals surface area (Å²) in [6.45, 7) is 3.83. The molecule has 1 saturated heterocycles. The summed E-state index contributed by atoms with van der Waals surface area (Å²) in [5.41, 5.74) is 1.09. The number of piperazine rings is 1. The molecule has 0 bridgehead atoms. The third kappa shape index (κ3) is 4.09. The standard InChI is InChI=1S/C19H22FN7O/c1-25-9-11-26(12-10-25)18-6-5-16-22-23-17(27(16)24-18)7-8-19(28)21-15-4-2-3-14(20)13-15/h2-6,13H,7-12H2,1H3,(H,21,28). The van der Waals surface area contributed by atoms with Crippen LogP contribution in [-0.4, -0.2) is 63.8 Å². The Bertz CT molecular complexity index is 981. The van der Waals surface area contributed by atoms with Crippen LogP contribution >= 0.6 is 0 Å². The molecule has 0 aliphatic carbocycles. The van der Waals surface area contributed by atoms with Crippen LogP contribution in [0.1, 0.15) is 12.2 Å². The fraction of sp³-hybridized carbons (Fsp3) is 0.368. The molecule has 0 saturated carbocycles. The number of benzene rings is 1. The largest absolute Gasteiger partial charge is 0.353 e. The second-order valence-corrected chi connectivity index (χ2v) is 6.93. The van der Waals surface area contributed by atoms with E-state index in [1.165, 1.54) is 12.1 Å². The maximum absolute atomic E-state index is 13.2. The van der Waals surface area contributed by atoms with Gasteiger partial charge >= 0.3 is 0 Å². The van der Waals surface area contributed by atoms with Crippen LogP contribution in [0.4, 0.5) is 15.9 Å². The number of halogens is 1. The summed E-state index contributed by atoms with van der Waals surface area (Å²) in [7, 11) is 2.11. The van der Waals surface area contributed by atoms with Gasteiger partial charge in [0.05, 0.1) is 0 Å². The first kappa shape index (κ1) is 18.3. The summed E-state index contributed by atoms with van der Waals surface area (Å²) in [6.07, 6.45) is 0.596. The van der Waals surface area contributed by atoms with E-state index in [0.29, 0.717) is 23.6 Å². The minimum absolute atomic E-state index is 0.206. The van der Waals surface area contributed by atoms with Crippen molar-refractivity contribution >= 4 is 23.1 Å². The van der Waals surface area contributed by atoms with E-state index in [1.54, 1.807) is 16.6 Å². The van der Waals surface area contributed by atoms with Gasteiger partial charge in [0.1, 0.15) is 11.6 Å². The lowest BCUT2D eigenvalue weighted by molar-refractivity contribution is -0.116. The predicted molar refractivity (Wildman–Crippen MR) is 104 cm³/mol. The van der Waals surface area contributed by atoms with Crippen LogP contribution in [0, 0.1) is 5.82 Å². The van der Waals surface area contributed by atoms with Crippen molar-refractivity contribution in [2.24, 2.45) is 0 Å². The highest BCUT2D eigenvalue weighted by molar-refractivity contribution is 5.90. The Morgan fingerprint density at radius 2 is 1.96 bits per heavy atom. The molecule has 0 atom stereocenters. The molecule has 8 nitrogen and oxygen atoms in total. The van der Waals surface area contributed by atoms with Crippen molar-refractivity contribution in [3.8, 4) is 0 Å². The van der Waals surface area contributed by atoms with Crippen LogP contribution in [0.15, 0.2) is 36.4 Å². The minimum Gasteiger partial charge on any atom is -0.353 e. The summed E-state index contributed by atoms with van der Waals surface area (Å²) in [5.74, 6) is 0.908. The van der Waals surface area contributed by atoms with Gasteiger partial charge in [0, 0.05) is 44.7 Å². The maximum Gasteiger partial charge on any atom is 0.224 e. The fourth-order valence-corrected chi connectivity index (χ4v) is 3.20. The number of hydrogen-bond donors (Lipinski definition) is 1. The quantitative estimate of drug-likeness (QED) is 0.721. The molecule has 1 fully saturated rings. The molecule has 1 N–H and O–H groups in total. The van der Waals surface area contributed by atoms with E-state index in [2.05, 4.69) is 37.5 Å². The monoisotopic (exact) mass is 383 g/mol. The van der Waals surface area contributed by atoms with Crippen LogP contribution in [0.3, 0.4) is 0 Å². The van der Waals surface area contributed by atoms with E-state index < -0.39 is 0 Å². The lowest BCUT2D eigenvalue weighted by atomic mass is 10.2. The molecule has 3 heterocycles. The molecule has 1 aromatic carbocycles. The van der Waals surface area contributed by atoms with Gasteiger partial charge in [0.2, 0.25) is 5.91 Å². The number of hydrogen-bond acceptors (Lipinski definition) is 6. The van der Waals surface area contributed by atoms with Gasteiger partial charge in [-0.2, -0.15) is 4.52 Å². The number of rotatable bonds is 5. The molecule has 146 valence electrons. The number of carbonyl (C=O) groups excluding carboxylic acids is 1. The Balaban J connectivity index is 1.43. The Kier molecular flexibility index (Phi) is 5.16. The van der Waals surface area contributed by atoms with Crippen LogP contribution in [0.2, 0.25) is 0 Å². The van der Waals surface area contributed by atoms with E-state index >= 15 is 0 Å². The van der Waals surface area contributed by atoms with E-state index in [0.717, 1.165) is 32.0 Å². The van der Waals surface area contributed by atoms with Crippen LogP contribution in [0.5, 0.6) is 0 Å². The van der Waals surface area contributed by atoms with Gasteiger partial charge in [0.15, 0.2) is 11.5 Å². The van der Waals surface area contributed by atoms with Crippen molar-refractivity contribution in [3.05, 3.63) is 48.0 Å². The highest BCUT2D eigenvalue weighted by Crippen LogP contribution is 2.15. The second kappa shape index (κ2) is 7.89. The predicted octanol–water partition coefficient (Wildman–Crippen LogP) is 1.59. The van der Waals surface area contributed by atoms with E-state index in [-0.39, 0.29) is 18.1 Å². The Morgan fingerprint density at radius 1 is 1.14 bits per heavy atom. The van der Waals surface area contributed by atoms with Crippen LogP contribution in [0.25, 0.3) is 5.65 Å². The van der Waals surface area contributed by atoms with Gasteiger partial charge in [-0.25, -0.2) is 4.39 Å². The number of aryl methyl sites for hydroxylation is 1. The van der Waals surface area contributed by atoms with Gasteiger partial charge in [-0.05, 0) is 37.4 Å². The zero-order valence-corrected chi connectivity index (χ0v) is 15.7. The Labute approximate surface area is 162 Å². The molecule has 1 aliphatic rings. The molecule has 2 aromatic heterocycles. The molecular formula is C19H22FN7O. The average Bonchev–Trinajstić information content (AvgIpc) is 3.09. The van der Waals surface area contributed by atoms with Crippen molar-refractivity contribution in [2.45, 2.75) is 12.8 Å². The van der Waals surface area contributed by atoms with Crippen molar-refractivity contribution in [1.82, 2.24) is 24.7 Å². The smallest absolute Gasteiger partial charge is 0.224 e. The summed E-state index contributed by atoms with van der Waals surface area (Å²) >= 11 is 0. The third-order valence-corrected chi connectivity index (χ3v) is 4.82. The van der Waals surface area contributed by atoms with Crippen LogP contribution < -0.4 is 10.2 Å². The first-order valence-electron chi connectivity index (χ1n) is 9.29. The van der Waals surface area contributed by atoms with Crippen molar-refractivity contribution in [2.75, 3.05) is 43.4 Å². The summed E-state index contributed by atoms with van der Waals surface area (Å²) in [4.78, 5) is 16.7. The highest BCUT2D eigenvalue weighted by Gasteiger charge is 2.17. The highest BCUT2D eigenvalue weighted by atomic mass is 19.1. The molecule has 4 rings (SSSR count). The number of aromatic nitrogens is 4. The molecule has 0 radical (unpaired) electrons. The van der Waals surface area contributed by atoms with Crippen molar-refractivity contribution in [3.63, 3.8) is 0 Å². The third-order valence-electron chi connectivity index (χ3n) is 4.82. The SMILES string of the molecule is CN1CCN(c2ccc3nnc(CCC(=O)Nc4cccc(F)c4)n3n2)CC1. The van der Waals surface area contributed by atoms with Gasteiger partial charge in [-0.3, -0.25) is 4.79 Å². The number of fused-ring (bicyclic) bond motifs is 1. The Hall–Kier alpha value is -3.07. The topological polar surface area (TPSA) is 78.7 Å². The molecule has 0 unspecified atom stereocenters. The lowest BCUT2D eigenvalue weighted by Crippen LogP contribution is -2.45. The number of nitrogens with zero attached hydrogens (tertiary/aromatic N) is 6. The van der Waals surface area contributed by atoms with Gasteiger partial charge in [0.25, 0.3) is 0 Å². The lowest BCUT2D eigenvalue weighted by Gasteiger charge is -2.33. The molecule has 1 amide bonds. The number of carbonyl (C=O) groups is 1. The maximum atomic E-state index is 13.2. The Morgan fingerprint density at radius 3 is 2.75 bits per heavy atom. The molecule has 9 heteroatoms. The van der Waals surface area contributed by atoms with Gasteiger partial charge in [-0.15, -0.1) is 15.3 Å². The number of likely N-dealkylation sites (N-methyl/N-ethyl adjacent to an activating group) is 1. The number of amides is 1. The second-order valence-electron chi connectivity index (χ2n) is 6.93. The zero-order valence-electron chi connectivity index (χ0n) is 15.7.